The monoisotopic (exact) mass is 750 g/mol. The van der Waals surface area contributed by atoms with Crippen LogP contribution in [0.2, 0.25) is 0 Å². The van der Waals surface area contributed by atoms with E-state index >= 15 is 0 Å². The van der Waals surface area contributed by atoms with Crippen LogP contribution >= 0.6 is 0 Å². The first-order valence-corrected chi connectivity index (χ1v) is 20.2. The number of hydrogen-bond donors (Lipinski definition) is 0. The van der Waals surface area contributed by atoms with E-state index < -0.39 is 0 Å². The number of hydrogen-bond acceptors (Lipinski definition) is 3. The summed E-state index contributed by atoms with van der Waals surface area (Å²) in [5.74, 6) is 0. The average Bonchev–Trinajstić information content (AvgIpc) is 3.99. The predicted octanol–water partition coefficient (Wildman–Crippen LogP) is 13.9. The van der Waals surface area contributed by atoms with Crippen LogP contribution in [0.1, 0.15) is 36.8 Å². The maximum absolute atomic E-state index is 5.89. The number of anilines is 3. The molecule has 2 heterocycles. The molecule has 0 radical (unpaired) electrons. The molecule has 11 rings (SSSR count). The molecule has 4 nitrogen and oxygen atoms in total. The van der Waals surface area contributed by atoms with Crippen molar-refractivity contribution in [1.82, 2.24) is 4.57 Å². The van der Waals surface area contributed by atoms with Crippen molar-refractivity contribution in [3.05, 3.63) is 205 Å². The van der Waals surface area contributed by atoms with E-state index in [2.05, 4.69) is 211 Å². The molecule has 1 aliphatic carbocycles. The molecule has 9 aromatic rings. The van der Waals surface area contributed by atoms with Crippen molar-refractivity contribution in [1.29, 1.82) is 0 Å². The Morgan fingerprint density at radius 1 is 0.466 bits per heavy atom. The SMILES string of the molecule is CC1(C)c2cc(C3OCCO3)ccc2-c2ccc(N(c3ccc(-c4ccccc4)cc3)c3ccc(-c4ccc5c(c4)c4ccccc4n5-c4ccccc4)cc3)cc21. The van der Waals surface area contributed by atoms with E-state index in [0.717, 1.165) is 22.6 Å². The summed E-state index contributed by atoms with van der Waals surface area (Å²) in [6.45, 7) is 5.94. The first-order chi connectivity index (χ1) is 28.5. The second kappa shape index (κ2) is 13.7. The molecule has 0 spiro atoms. The van der Waals surface area contributed by atoms with Gasteiger partial charge in [0.05, 0.1) is 24.2 Å². The van der Waals surface area contributed by atoms with Crippen molar-refractivity contribution in [3.8, 4) is 39.1 Å². The summed E-state index contributed by atoms with van der Waals surface area (Å²) in [5.41, 5.74) is 17.7. The normalized spacial score (nSPS) is 14.5. The summed E-state index contributed by atoms with van der Waals surface area (Å²) in [6.07, 6.45) is -0.297. The molecule has 0 saturated carbocycles. The molecule has 1 aliphatic heterocycles. The van der Waals surface area contributed by atoms with Crippen LogP contribution in [0.5, 0.6) is 0 Å². The highest BCUT2D eigenvalue weighted by atomic mass is 16.7. The number of nitrogens with zero attached hydrogens (tertiary/aromatic N) is 2. The van der Waals surface area contributed by atoms with E-state index in [4.69, 9.17) is 9.47 Å². The number of fused-ring (bicyclic) bond motifs is 6. The summed E-state index contributed by atoms with van der Waals surface area (Å²) in [5, 5.41) is 2.50. The van der Waals surface area contributed by atoms with Crippen molar-refractivity contribution in [3.63, 3.8) is 0 Å². The first kappa shape index (κ1) is 34.5. The molecule has 0 atom stereocenters. The van der Waals surface area contributed by atoms with Gasteiger partial charge in [0.25, 0.3) is 0 Å². The van der Waals surface area contributed by atoms with E-state index in [1.54, 1.807) is 0 Å². The lowest BCUT2D eigenvalue weighted by Crippen LogP contribution is -2.17. The minimum absolute atomic E-state index is 0.204. The number of aromatic nitrogens is 1. The Kier molecular flexibility index (Phi) is 8.18. The minimum Gasteiger partial charge on any atom is -0.346 e. The van der Waals surface area contributed by atoms with Crippen molar-refractivity contribution < 1.29 is 9.47 Å². The molecule has 0 unspecified atom stereocenters. The molecule has 1 fully saturated rings. The Labute approximate surface area is 339 Å². The number of rotatable bonds is 7. The van der Waals surface area contributed by atoms with Crippen molar-refractivity contribution in [2.45, 2.75) is 25.6 Å². The second-order valence-electron chi connectivity index (χ2n) is 15.9. The molecule has 1 aromatic heterocycles. The van der Waals surface area contributed by atoms with Crippen LogP contribution < -0.4 is 4.90 Å². The van der Waals surface area contributed by atoms with Gasteiger partial charge in [-0.2, -0.15) is 0 Å². The van der Waals surface area contributed by atoms with Gasteiger partial charge in [-0.15, -0.1) is 0 Å². The second-order valence-corrected chi connectivity index (χ2v) is 15.9. The fraction of sp³-hybridized carbons (Fsp3) is 0.111. The highest BCUT2D eigenvalue weighted by Crippen LogP contribution is 2.51. The molecule has 58 heavy (non-hydrogen) atoms. The van der Waals surface area contributed by atoms with Gasteiger partial charge in [-0.25, -0.2) is 0 Å². The smallest absolute Gasteiger partial charge is 0.184 e. The molecular formula is C54H42N2O2. The minimum atomic E-state index is -0.297. The zero-order chi connectivity index (χ0) is 38.8. The van der Waals surface area contributed by atoms with Crippen LogP contribution in [0.25, 0.3) is 60.9 Å². The maximum atomic E-state index is 5.89. The van der Waals surface area contributed by atoms with Gasteiger partial charge in [0.1, 0.15) is 0 Å². The van der Waals surface area contributed by atoms with E-state index in [-0.39, 0.29) is 11.7 Å². The molecule has 2 aliphatic rings. The largest absolute Gasteiger partial charge is 0.346 e. The topological polar surface area (TPSA) is 26.6 Å². The highest BCUT2D eigenvalue weighted by Gasteiger charge is 2.37. The van der Waals surface area contributed by atoms with E-state index in [1.807, 2.05) is 0 Å². The predicted molar refractivity (Wildman–Crippen MR) is 239 cm³/mol. The van der Waals surface area contributed by atoms with Crippen LogP contribution in [0.4, 0.5) is 17.1 Å². The van der Waals surface area contributed by atoms with Crippen molar-refractivity contribution >= 4 is 38.9 Å². The van der Waals surface area contributed by atoms with Gasteiger partial charge < -0.3 is 18.9 Å². The zero-order valence-electron chi connectivity index (χ0n) is 32.6. The summed E-state index contributed by atoms with van der Waals surface area (Å²) in [6, 6.07) is 68.5. The van der Waals surface area contributed by atoms with Gasteiger partial charge in [0.15, 0.2) is 6.29 Å². The van der Waals surface area contributed by atoms with E-state index in [1.165, 1.54) is 72.0 Å². The maximum Gasteiger partial charge on any atom is 0.184 e. The van der Waals surface area contributed by atoms with Gasteiger partial charge in [0.2, 0.25) is 0 Å². The molecule has 1 saturated heterocycles. The third-order valence-corrected chi connectivity index (χ3v) is 12.2. The Morgan fingerprint density at radius 2 is 1.00 bits per heavy atom. The molecule has 0 amide bonds. The quantitative estimate of drug-likeness (QED) is 0.162. The highest BCUT2D eigenvalue weighted by molar-refractivity contribution is 6.10. The van der Waals surface area contributed by atoms with Crippen LogP contribution in [0.15, 0.2) is 188 Å². The van der Waals surface area contributed by atoms with Gasteiger partial charge in [-0.1, -0.05) is 129 Å². The fourth-order valence-electron chi connectivity index (χ4n) is 9.27. The molecule has 0 N–H and O–H groups in total. The van der Waals surface area contributed by atoms with Gasteiger partial charge in [0, 0.05) is 44.5 Å². The van der Waals surface area contributed by atoms with Crippen molar-refractivity contribution in [2.75, 3.05) is 18.1 Å². The molecule has 8 aromatic carbocycles. The Morgan fingerprint density at radius 3 is 1.71 bits per heavy atom. The lowest BCUT2D eigenvalue weighted by Gasteiger charge is -2.28. The lowest BCUT2D eigenvalue weighted by atomic mass is 9.81. The van der Waals surface area contributed by atoms with Crippen LogP contribution in [0.3, 0.4) is 0 Å². The molecule has 4 heteroatoms. The Bertz CT molecular complexity index is 2960. The van der Waals surface area contributed by atoms with Gasteiger partial charge >= 0.3 is 0 Å². The van der Waals surface area contributed by atoms with Crippen LogP contribution in [-0.2, 0) is 14.9 Å². The van der Waals surface area contributed by atoms with Gasteiger partial charge in [-0.3, -0.25) is 0 Å². The summed E-state index contributed by atoms with van der Waals surface area (Å²) < 4.78 is 14.1. The summed E-state index contributed by atoms with van der Waals surface area (Å²) >= 11 is 0. The Hall–Kier alpha value is -6.72. The lowest BCUT2D eigenvalue weighted by molar-refractivity contribution is -0.0441. The number of benzene rings is 8. The summed E-state index contributed by atoms with van der Waals surface area (Å²) in [4.78, 5) is 2.39. The fourth-order valence-corrected chi connectivity index (χ4v) is 9.27. The molecule has 280 valence electrons. The Balaban J connectivity index is 0.992. The molecule has 0 bridgehead atoms. The summed E-state index contributed by atoms with van der Waals surface area (Å²) in [7, 11) is 0. The van der Waals surface area contributed by atoms with Crippen LogP contribution in [0, 0.1) is 0 Å². The number of para-hydroxylation sites is 2. The van der Waals surface area contributed by atoms with Gasteiger partial charge in [-0.05, 0) is 117 Å². The zero-order valence-corrected chi connectivity index (χ0v) is 32.6. The van der Waals surface area contributed by atoms with E-state index in [9.17, 15) is 0 Å². The molecular weight excluding hydrogens is 709 g/mol. The van der Waals surface area contributed by atoms with E-state index in [0.29, 0.717) is 13.2 Å². The van der Waals surface area contributed by atoms with Crippen molar-refractivity contribution in [2.24, 2.45) is 0 Å². The number of ether oxygens (including phenoxy) is 2. The first-order valence-electron chi connectivity index (χ1n) is 20.2. The average molecular weight is 751 g/mol. The third kappa shape index (κ3) is 5.67. The third-order valence-electron chi connectivity index (χ3n) is 12.2. The van der Waals surface area contributed by atoms with Crippen LogP contribution in [-0.4, -0.2) is 17.8 Å². The standard InChI is InChI=1S/C54H42N2O2/c1-54(2)49-34-40(53-57-31-32-58-53)21-28-45(49)46-29-27-44(35-50(46)54)55(42-23-17-37(18-24-42)36-11-5-3-6-12-36)43-25-19-38(20-26-43)39-22-30-52-48(33-39)47-15-9-10-16-51(47)56(52)41-13-7-4-8-14-41/h3-30,33-35,53H,31-32H2,1-2H3.